The monoisotopic (exact) mass is 205 g/mol. The molecule has 1 atom stereocenters. The molecule has 0 aromatic heterocycles. The summed E-state index contributed by atoms with van der Waals surface area (Å²) >= 11 is 0. The zero-order chi connectivity index (χ0) is 10.7. The molecule has 1 saturated carbocycles. The van der Waals surface area contributed by atoms with Gasteiger partial charge in [0.15, 0.2) is 0 Å². The van der Waals surface area contributed by atoms with Crippen molar-refractivity contribution in [2.45, 2.75) is 44.8 Å². The van der Waals surface area contributed by atoms with Gasteiger partial charge >= 0.3 is 0 Å². The largest absolute Gasteiger partial charge is 0.490 e. The van der Waals surface area contributed by atoms with Crippen LogP contribution in [0.25, 0.3) is 0 Å². The number of nitrogens with two attached hydrogens (primary N) is 1. The van der Waals surface area contributed by atoms with Crippen molar-refractivity contribution in [3.8, 4) is 5.75 Å². The lowest BCUT2D eigenvalue weighted by molar-refractivity contribution is 0.120. The van der Waals surface area contributed by atoms with E-state index in [2.05, 4.69) is 12.1 Å². The van der Waals surface area contributed by atoms with Crippen molar-refractivity contribution < 1.29 is 4.74 Å². The van der Waals surface area contributed by atoms with Crippen LogP contribution in [-0.4, -0.2) is 12.1 Å². The van der Waals surface area contributed by atoms with Gasteiger partial charge in [-0.1, -0.05) is 12.1 Å². The molecule has 0 spiro atoms. The molecular formula is C13H19NO. The minimum absolute atomic E-state index is 0.212. The summed E-state index contributed by atoms with van der Waals surface area (Å²) in [6, 6.07) is 8.51. The van der Waals surface area contributed by atoms with E-state index in [9.17, 15) is 0 Å². The molecule has 0 bridgehead atoms. The highest BCUT2D eigenvalue weighted by Gasteiger charge is 2.18. The highest BCUT2D eigenvalue weighted by atomic mass is 16.5. The first-order valence-electron chi connectivity index (χ1n) is 5.75. The Morgan fingerprint density at radius 3 is 2.87 bits per heavy atom. The van der Waals surface area contributed by atoms with Gasteiger partial charge in [0.25, 0.3) is 0 Å². The Kier molecular flexibility index (Phi) is 3.27. The van der Waals surface area contributed by atoms with Crippen LogP contribution < -0.4 is 10.5 Å². The van der Waals surface area contributed by atoms with Gasteiger partial charge in [-0.05, 0) is 50.3 Å². The van der Waals surface area contributed by atoms with E-state index in [1.807, 2.05) is 19.1 Å². The lowest BCUT2D eigenvalue weighted by atomic mass is 9.96. The van der Waals surface area contributed by atoms with Crippen LogP contribution >= 0.6 is 0 Å². The van der Waals surface area contributed by atoms with Gasteiger partial charge in [-0.15, -0.1) is 0 Å². The quantitative estimate of drug-likeness (QED) is 0.819. The van der Waals surface area contributed by atoms with Gasteiger partial charge in [0, 0.05) is 6.04 Å². The molecule has 1 fully saturated rings. The molecule has 2 rings (SSSR count). The smallest absolute Gasteiger partial charge is 0.119 e. The molecule has 1 unspecified atom stereocenters. The highest BCUT2D eigenvalue weighted by molar-refractivity contribution is 5.29. The third-order valence-electron chi connectivity index (χ3n) is 2.81. The molecular weight excluding hydrogens is 186 g/mol. The van der Waals surface area contributed by atoms with E-state index in [0.717, 1.165) is 12.2 Å². The van der Waals surface area contributed by atoms with Crippen molar-refractivity contribution in [3.63, 3.8) is 0 Å². The van der Waals surface area contributed by atoms with Crippen molar-refractivity contribution in [1.29, 1.82) is 0 Å². The molecule has 15 heavy (non-hydrogen) atoms. The van der Waals surface area contributed by atoms with Gasteiger partial charge in [-0.25, -0.2) is 0 Å². The van der Waals surface area contributed by atoms with Gasteiger partial charge in [-0.3, -0.25) is 0 Å². The Balaban J connectivity index is 1.98. The predicted molar refractivity (Wildman–Crippen MR) is 62.1 cm³/mol. The third kappa shape index (κ3) is 2.96. The summed E-state index contributed by atoms with van der Waals surface area (Å²) in [6.07, 6.45) is 5.09. The molecule has 1 aliphatic carbocycles. The molecule has 0 radical (unpaired) electrons. The second-order valence-electron chi connectivity index (χ2n) is 4.50. The number of hydrogen-bond donors (Lipinski definition) is 1. The fourth-order valence-corrected chi connectivity index (χ4v) is 1.80. The Labute approximate surface area is 91.4 Å². The van der Waals surface area contributed by atoms with Crippen molar-refractivity contribution in [1.82, 2.24) is 0 Å². The van der Waals surface area contributed by atoms with Gasteiger partial charge in [0.2, 0.25) is 0 Å². The van der Waals surface area contributed by atoms with Crippen molar-refractivity contribution in [2.24, 2.45) is 5.73 Å². The van der Waals surface area contributed by atoms with Crippen LogP contribution in [0.15, 0.2) is 24.3 Å². The first kappa shape index (κ1) is 10.5. The van der Waals surface area contributed by atoms with Gasteiger partial charge in [-0.2, -0.15) is 0 Å². The molecule has 1 aliphatic rings. The first-order valence-corrected chi connectivity index (χ1v) is 5.75. The zero-order valence-electron chi connectivity index (χ0n) is 9.28. The highest BCUT2D eigenvalue weighted by Crippen LogP contribution is 2.25. The average molecular weight is 205 g/mol. The molecule has 0 heterocycles. The van der Waals surface area contributed by atoms with E-state index in [1.165, 1.54) is 24.8 Å². The molecule has 2 N–H and O–H groups in total. The topological polar surface area (TPSA) is 35.2 Å². The molecule has 2 heteroatoms. The molecule has 2 nitrogen and oxygen atoms in total. The lowest BCUT2D eigenvalue weighted by Gasteiger charge is -2.26. The van der Waals surface area contributed by atoms with Crippen LogP contribution in [0.5, 0.6) is 5.75 Å². The summed E-state index contributed by atoms with van der Waals surface area (Å²) in [6.45, 7) is 2.03. The summed E-state index contributed by atoms with van der Waals surface area (Å²) in [4.78, 5) is 0. The summed E-state index contributed by atoms with van der Waals surface area (Å²) in [5.41, 5.74) is 7.04. The first-order chi connectivity index (χ1) is 7.24. The number of ether oxygens (including phenoxy) is 1. The molecule has 1 aromatic rings. The third-order valence-corrected chi connectivity index (χ3v) is 2.81. The summed E-state index contributed by atoms with van der Waals surface area (Å²) in [5, 5.41) is 0. The van der Waals surface area contributed by atoms with Crippen LogP contribution in [0.1, 0.15) is 31.7 Å². The van der Waals surface area contributed by atoms with E-state index < -0.39 is 0 Å². The van der Waals surface area contributed by atoms with Crippen LogP contribution in [0.3, 0.4) is 0 Å². The van der Waals surface area contributed by atoms with E-state index in [1.54, 1.807) is 0 Å². The molecule has 1 aromatic carbocycles. The maximum absolute atomic E-state index is 5.83. The van der Waals surface area contributed by atoms with Gasteiger partial charge in [0.05, 0.1) is 6.10 Å². The van der Waals surface area contributed by atoms with Gasteiger partial charge in [0.1, 0.15) is 5.75 Å². The second kappa shape index (κ2) is 4.67. The van der Waals surface area contributed by atoms with Crippen LogP contribution in [-0.2, 0) is 6.42 Å². The SMILES string of the molecule is CC(N)Cc1cccc(OC2CCC2)c1. The normalized spacial score (nSPS) is 18.3. The second-order valence-corrected chi connectivity index (χ2v) is 4.50. The maximum atomic E-state index is 5.83. The fourth-order valence-electron chi connectivity index (χ4n) is 1.80. The predicted octanol–water partition coefficient (Wildman–Crippen LogP) is 2.51. The average Bonchev–Trinajstić information content (AvgIpc) is 2.11. The summed E-state index contributed by atoms with van der Waals surface area (Å²) in [5.74, 6) is 0.998. The number of benzene rings is 1. The van der Waals surface area contributed by atoms with Gasteiger partial charge < -0.3 is 10.5 Å². The molecule has 82 valence electrons. The van der Waals surface area contributed by atoms with Crippen molar-refractivity contribution in [3.05, 3.63) is 29.8 Å². The summed E-state index contributed by atoms with van der Waals surface area (Å²) in [7, 11) is 0. The Morgan fingerprint density at radius 2 is 2.27 bits per heavy atom. The lowest BCUT2D eigenvalue weighted by Crippen LogP contribution is -2.24. The minimum Gasteiger partial charge on any atom is -0.490 e. The standard InChI is InChI=1S/C13H19NO/c1-10(14)8-11-4-2-7-13(9-11)15-12-5-3-6-12/h2,4,7,9-10,12H,3,5-6,8,14H2,1H3. The van der Waals surface area contributed by atoms with Crippen molar-refractivity contribution >= 4 is 0 Å². The zero-order valence-corrected chi connectivity index (χ0v) is 9.28. The Hall–Kier alpha value is -1.02. The van der Waals surface area contributed by atoms with Crippen LogP contribution in [0, 0.1) is 0 Å². The Bertz CT molecular complexity index is 318. The molecule has 0 saturated heterocycles. The maximum Gasteiger partial charge on any atom is 0.119 e. The van der Waals surface area contributed by atoms with Crippen molar-refractivity contribution in [2.75, 3.05) is 0 Å². The van der Waals surface area contributed by atoms with E-state index in [-0.39, 0.29) is 6.04 Å². The number of rotatable bonds is 4. The Morgan fingerprint density at radius 1 is 1.47 bits per heavy atom. The van der Waals surface area contributed by atoms with Crippen LogP contribution in [0.2, 0.25) is 0 Å². The summed E-state index contributed by atoms with van der Waals surface area (Å²) < 4.78 is 5.83. The van der Waals surface area contributed by atoms with E-state index in [4.69, 9.17) is 10.5 Å². The fraction of sp³-hybridized carbons (Fsp3) is 0.538. The van der Waals surface area contributed by atoms with E-state index in [0.29, 0.717) is 6.10 Å². The minimum atomic E-state index is 0.212. The van der Waals surface area contributed by atoms with Crippen LogP contribution in [0.4, 0.5) is 0 Å². The van der Waals surface area contributed by atoms with E-state index >= 15 is 0 Å². The molecule has 0 amide bonds. The molecule has 0 aliphatic heterocycles. The number of hydrogen-bond acceptors (Lipinski definition) is 2.